The van der Waals surface area contributed by atoms with Gasteiger partial charge in [0.2, 0.25) is 53.4 Å². The van der Waals surface area contributed by atoms with Crippen LogP contribution in [-0.2, 0) is 43.1 Å². The number of phenolic OH excluding ortho intramolecular Hbond substituents is 2. The van der Waals surface area contributed by atoms with Crippen LogP contribution in [0.15, 0.2) is 84.9 Å². The van der Waals surface area contributed by atoms with Crippen molar-refractivity contribution < 1.29 is 103 Å². The molecule has 29 nitrogen and oxygen atoms in total. The first-order valence-corrected chi connectivity index (χ1v) is 28.9. The number of likely N-dealkylation sites (N-methyl/N-ethyl adjacent to an activating group) is 1. The number of carboxylic acid groups (broad SMARTS) is 1. The molecule has 6 aliphatic heterocycles. The van der Waals surface area contributed by atoms with Gasteiger partial charge >= 0.3 is 5.97 Å². The van der Waals surface area contributed by atoms with Gasteiger partial charge < -0.3 is 103 Å². The molecule has 7 amide bonds. The second-order valence-corrected chi connectivity index (χ2v) is 23.4. The van der Waals surface area contributed by atoms with Gasteiger partial charge in [-0.15, -0.1) is 0 Å². The standard InChI is InChI=1S/C60H64Cl2N8O21/c1-22(2)14-32(70(3)4)54(81)68-45-47(75)24-9-12-35(29(61)16-24)88-37-18-26-19-38(52(37)91-60-51(79)50(78)49(77)39(21-71)90-60)89-36-13-10-25(17-30(36)62)48(76)46-58(85)67-44(59(86)87)27-6-5-7-34(73)41(27)28-15-23(8-11-33(28)72)42(55(82)69-46)66-56(83)43(26)65-53(80)31(20-40(63)74)64-57(45)84/h5-13,15-19,22,31-32,39,42-51,60,71-73,75-79H,14,20-21H2,1-4H3,(H2,63,74)(H,64,84)(H,65,80)(H,66,83)(H,67,85)(H,68,81)(H,69,82)(H,86,87)/t31-,32+,39+,42+,43+,44-,45+,46-,47+,48+,49+,50-,51+,60-/m0/s1. The number of halogens is 2. The van der Waals surface area contributed by atoms with Gasteiger partial charge in [0, 0.05) is 11.1 Å². The second kappa shape index (κ2) is 27.3. The van der Waals surface area contributed by atoms with E-state index < -0.39 is 185 Å². The summed E-state index contributed by atoms with van der Waals surface area (Å²) in [6.45, 7) is 2.75. The number of aliphatic hydroxyl groups is 6. The average molecular weight is 1300 g/mol. The maximum absolute atomic E-state index is 15.8. The third kappa shape index (κ3) is 14.0. The molecule has 0 aromatic heterocycles. The molecule has 0 radical (unpaired) electrons. The second-order valence-electron chi connectivity index (χ2n) is 22.6. The van der Waals surface area contributed by atoms with Gasteiger partial charge in [-0.3, -0.25) is 38.5 Å². The van der Waals surface area contributed by atoms with Crippen molar-refractivity contribution >= 4 is 70.5 Å². The number of phenols is 2. The zero-order valence-corrected chi connectivity index (χ0v) is 50.1. The van der Waals surface area contributed by atoms with Crippen LogP contribution in [0, 0.1) is 5.92 Å². The SMILES string of the molecule is CC(C)C[C@H](C(=O)N[C@H]1C(=O)N[C@@H](CC(N)=O)C(=O)N[C@H]2C(=O)N[C@H]3C(=O)N[C@H](C(=O)N[C@H](C(=O)O)c4cccc(O)c4-c4cc3ccc4O)[C@H](O)c3ccc(c(Cl)c3)Oc3cc2cc(c3O[C@@H]2O[C@H](CO)[C@@H](O)[C@H](O)[C@H]2O)Oc2ccc(cc2Cl)[C@H]1O)N(C)C. The highest BCUT2D eigenvalue weighted by Crippen LogP contribution is 2.49. The van der Waals surface area contributed by atoms with E-state index in [-0.39, 0.29) is 62.2 Å². The van der Waals surface area contributed by atoms with Gasteiger partial charge in [-0.25, -0.2) is 4.79 Å². The molecule has 5 aromatic rings. The van der Waals surface area contributed by atoms with E-state index in [0.717, 1.165) is 54.6 Å². The predicted molar refractivity (Wildman–Crippen MR) is 316 cm³/mol. The summed E-state index contributed by atoms with van der Waals surface area (Å²) < 4.78 is 24.9. The zero-order valence-electron chi connectivity index (χ0n) is 48.6. The number of carbonyl (C=O) groups excluding carboxylic acids is 7. The lowest BCUT2D eigenvalue weighted by molar-refractivity contribution is -0.277. The molecule has 31 heteroatoms. The van der Waals surface area contributed by atoms with Gasteiger partial charge in [0.1, 0.15) is 89.8 Å². The molecule has 0 aliphatic carbocycles. The molecule has 0 saturated carbocycles. The molecule has 14 atom stereocenters. The topological polar surface area (TPSA) is 457 Å². The third-order valence-corrected chi connectivity index (χ3v) is 16.2. The molecule has 484 valence electrons. The van der Waals surface area contributed by atoms with Crippen molar-refractivity contribution in [2.45, 2.75) is 112 Å². The van der Waals surface area contributed by atoms with E-state index >= 15 is 14.4 Å². The van der Waals surface area contributed by atoms with E-state index in [4.69, 9.17) is 47.9 Å². The minimum absolute atomic E-state index is 0.0698. The fourth-order valence-corrected chi connectivity index (χ4v) is 11.3. The number of hydrogen-bond donors (Lipinski definition) is 16. The molecule has 0 unspecified atom stereocenters. The van der Waals surface area contributed by atoms with Gasteiger partial charge in [0.15, 0.2) is 17.5 Å². The smallest absolute Gasteiger partial charge is 0.330 e. The maximum Gasteiger partial charge on any atom is 0.330 e. The Morgan fingerprint density at radius 2 is 1.26 bits per heavy atom. The van der Waals surface area contributed by atoms with E-state index in [1.807, 2.05) is 13.8 Å². The first-order valence-electron chi connectivity index (χ1n) is 28.2. The Kier molecular flexibility index (Phi) is 20.0. The fourth-order valence-electron chi connectivity index (χ4n) is 10.8. The number of amides is 7. The third-order valence-electron chi connectivity index (χ3n) is 15.6. The molecule has 6 heterocycles. The number of carbonyl (C=O) groups is 8. The fraction of sp³-hybridized carbons (Fsp3) is 0.367. The first-order chi connectivity index (χ1) is 43.0. The van der Waals surface area contributed by atoms with Crippen molar-refractivity contribution in [2.75, 3.05) is 20.7 Å². The number of rotatable bonds is 11. The molecule has 0 spiro atoms. The van der Waals surface area contributed by atoms with E-state index in [1.165, 1.54) is 30.3 Å². The highest BCUT2D eigenvalue weighted by molar-refractivity contribution is 6.32. The Hall–Kier alpha value is -8.88. The molecule has 11 bridgehead atoms. The van der Waals surface area contributed by atoms with Gasteiger partial charge in [0.25, 0.3) is 0 Å². The van der Waals surface area contributed by atoms with Gasteiger partial charge in [0.05, 0.1) is 29.1 Å². The molecular formula is C60H64Cl2N8O21. The largest absolute Gasteiger partial charge is 0.507 e. The lowest BCUT2D eigenvalue weighted by Gasteiger charge is -2.39. The van der Waals surface area contributed by atoms with Gasteiger partial charge in [-0.1, -0.05) is 67.4 Å². The number of aliphatic carboxylic acids is 1. The van der Waals surface area contributed by atoms with Crippen LogP contribution in [0.4, 0.5) is 0 Å². The minimum Gasteiger partial charge on any atom is -0.507 e. The molecule has 5 aromatic carbocycles. The summed E-state index contributed by atoms with van der Waals surface area (Å²) in [6.07, 6.45) is -14.7. The number of carboxylic acids is 1. The summed E-state index contributed by atoms with van der Waals surface area (Å²) in [7, 11) is 3.21. The number of benzene rings is 5. The van der Waals surface area contributed by atoms with E-state index in [0.29, 0.717) is 0 Å². The number of nitrogens with zero attached hydrogens (tertiary/aromatic N) is 1. The first kappa shape index (κ1) is 66.5. The molecular weight excluding hydrogens is 1240 g/mol. The summed E-state index contributed by atoms with van der Waals surface area (Å²) in [5, 5.41) is 115. The summed E-state index contributed by atoms with van der Waals surface area (Å²) in [5.74, 6) is -14.3. The average Bonchev–Trinajstić information content (AvgIpc) is 0.803. The number of primary amides is 1. The molecule has 6 aliphatic rings. The Bertz CT molecular complexity index is 3710. The lowest BCUT2D eigenvalue weighted by Crippen LogP contribution is -2.60. The summed E-state index contributed by atoms with van der Waals surface area (Å²) in [4.78, 5) is 117. The van der Waals surface area contributed by atoms with Crippen LogP contribution in [0.1, 0.15) is 84.8 Å². The summed E-state index contributed by atoms with van der Waals surface area (Å²) in [6, 6.07) is 2.13. The van der Waals surface area contributed by atoms with Crippen LogP contribution < -0.4 is 51.8 Å². The molecule has 11 rings (SSSR count). The minimum atomic E-state index is -2.28. The Labute approximate surface area is 526 Å². The quantitative estimate of drug-likeness (QED) is 0.0856. The van der Waals surface area contributed by atoms with Crippen molar-refractivity contribution in [3.05, 3.63) is 123 Å². The highest BCUT2D eigenvalue weighted by atomic mass is 35.5. The molecule has 17 N–H and O–H groups in total. The molecule has 1 fully saturated rings. The predicted octanol–water partition coefficient (Wildman–Crippen LogP) is 0.505. The van der Waals surface area contributed by atoms with Crippen molar-refractivity contribution in [2.24, 2.45) is 11.7 Å². The lowest BCUT2D eigenvalue weighted by atomic mass is 9.90. The van der Waals surface area contributed by atoms with Crippen LogP contribution in [0.3, 0.4) is 0 Å². The number of aromatic hydroxyl groups is 2. The van der Waals surface area contributed by atoms with E-state index in [2.05, 4.69) is 31.9 Å². The van der Waals surface area contributed by atoms with Crippen LogP contribution in [0.25, 0.3) is 11.1 Å². The van der Waals surface area contributed by atoms with E-state index in [9.17, 15) is 69.9 Å². The number of nitrogens with one attached hydrogen (secondary N) is 6. The van der Waals surface area contributed by atoms with Crippen LogP contribution in [0.5, 0.6) is 40.2 Å². The monoisotopic (exact) mass is 1300 g/mol. The number of aliphatic hydroxyl groups excluding tert-OH is 6. The van der Waals surface area contributed by atoms with Gasteiger partial charge in [-0.2, -0.15) is 0 Å². The maximum atomic E-state index is 15.8. The molecule has 1 saturated heterocycles. The Morgan fingerprint density at radius 1 is 0.670 bits per heavy atom. The van der Waals surface area contributed by atoms with Crippen LogP contribution >= 0.6 is 23.2 Å². The normalized spacial score (nSPS) is 26.3. The van der Waals surface area contributed by atoms with Crippen LogP contribution in [-0.4, -0.2) is 174 Å². The number of ether oxygens (including phenoxy) is 4. The van der Waals surface area contributed by atoms with Crippen molar-refractivity contribution in [1.82, 2.24) is 36.8 Å². The Balaban J connectivity index is 1.32. The van der Waals surface area contributed by atoms with Crippen LogP contribution in [0.2, 0.25) is 10.0 Å². The number of nitrogens with two attached hydrogens (primary N) is 1. The number of hydrogen-bond acceptors (Lipinski definition) is 21. The summed E-state index contributed by atoms with van der Waals surface area (Å²) >= 11 is 13.9. The summed E-state index contributed by atoms with van der Waals surface area (Å²) in [5.41, 5.74) is 3.56. The highest BCUT2D eigenvalue weighted by Gasteiger charge is 2.47. The van der Waals surface area contributed by atoms with Crippen molar-refractivity contribution in [3.8, 4) is 51.4 Å². The number of fused-ring (bicyclic) bond motifs is 15. The van der Waals surface area contributed by atoms with Gasteiger partial charge in [-0.05, 0) is 109 Å². The molecule has 91 heavy (non-hydrogen) atoms. The Morgan fingerprint density at radius 3 is 1.85 bits per heavy atom. The van der Waals surface area contributed by atoms with Crippen molar-refractivity contribution in [1.29, 1.82) is 0 Å². The zero-order chi connectivity index (χ0) is 66.2. The van der Waals surface area contributed by atoms with E-state index in [1.54, 1.807) is 19.0 Å². The van der Waals surface area contributed by atoms with Crippen molar-refractivity contribution in [3.63, 3.8) is 0 Å².